The van der Waals surface area contributed by atoms with E-state index >= 15 is 0 Å². The lowest BCUT2D eigenvalue weighted by Crippen LogP contribution is -1.95. The highest BCUT2D eigenvalue weighted by Crippen LogP contribution is 2.32. The smallest absolute Gasteiger partial charge is 0.302 e. The van der Waals surface area contributed by atoms with E-state index in [1.165, 1.54) is 18.1 Å². The first-order valence-electron chi connectivity index (χ1n) is 3.98. The Bertz CT molecular complexity index is 262. The van der Waals surface area contributed by atoms with E-state index in [1.807, 2.05) is 0 Å². The lowest BCUT2D eigenvalue weighted by molar-refractivity contribution is -0.140. The molecule has 12 heavy (non-hydrogen) atoms. The highest BCUT2D eigenvalue weighted by Gasteiger charge is 2.06. The first-order chi connectivity index (χ1) is 5.74. The molecular formula is C10H12O2. The SMILES string of the molecule is CCOC(C)=O.c1cc2cc-2c1. The fraction of sp³-hybridized carbons (Fsp3) is 0.300. The van der Waals surface area contributed by atoms with Gasteiger partial charge in [0.25, 0.3) is 0 Å². The summed E-state index contributed by atoms with van der Waals surface area (Å²) < 4.78 is 4.40. The Labute approximate surface area is 72.2 Å². The van der Waals surface area contributed by atoms with Crippen molar-refractivity contribution in [2.45, 2.75) is 13.8 Å². The average molecular weight is 164 g/mol. The monoisotopic (exact) mass is 164 g/mol. The van der Waals surface area contributed by atoms with Gasteiger partial charge in [-0.3, -0.25) is 4.79 Å². The van der Waals surface area contributed by atoms with E-state index in [9.17, 15) is 4.79 Å². The number of rotatable bonds is 1. The number of hydrogen-bond acceptors (Lipinski definition) is 2. The van der Waals surface area contributed by atoms with E-state index in [0.717, 1.165) is 0 Å². The Morgan fingerprint density at radius 1 is 1.42 bits per heavy atom. The van der Waals surface area contributed by atoms with Crippen molar-refractivity contribution >= 4 is 5.97 Å². The van der Waals surface area contributed by atoms with Gasteiger partial charge in [-0.1, -0.05) is 18.2 Å². The minimum Gasteiger partial charge on any atom is -0.466 e. The van der Waals surface area contributed by atoms with Gasteiger partial charge in [-0.25, -0.2) is 0 Å². The molecular weight excluding hydrogens is 152 g/mol. The molecule has 0 N–H and O–H groups in total. The summed E-state index contributed by atoms with van der Waals surface area (Å²) in [6.45, 7) is 3.65. The number of carbonyl (C=O) groups is 1. The van der Waals surface area contributed by atoms with Crippen LogP contribution in [-0.4, -0.2) is 12.6 Å². The standard InChI is InChI=1S/C6H4.C4H8O2/c1-2-5-4-6(5)3-1;1-3-6-4(2)5/h1-4H;3H2,1-2H3. The second-order valence-electron chi connectivity index (χ2n) is 2.51. The van der Waals surface area contributed by atoms with Gasteiger partial charge >= 0.3 is 5.97 Å². The normalized spacial score (nSPS) is 9.50. The first kappa shape index (κ1) is 8.78. The summed E-state index contributed by atoms with van der Waals surface area (Å²) in [6, 6.07) is 8.48. The molecule has 0 unspecified atom stereocenters. The van der Waals surface area contributed by atoms with Crippen LogP contribution < -0.4 is 0 Å². The number of carbonyl (C=O) groups excluding carboxylic acids is 1. The summed E-state index contributed by atoms with van der Waals surface area (Å²) in [6.07, 6.45) is 0. The van der Waals surface area contributed by atoms with Crippen molar-refractivity contribution in [3.63, 3.8) is 0 Å². The van der Waals surface area contributed by atoms with Crippen LogP contribution in [0.15, 0.2) is 24.3 Å². The van der Waals surface area contributed by atoms with Crippen molar-refractivity contribution in [3.8, 4) is 11.1 Å². The van der Waals surface area contributed by atoms with E-state index < -0.39 is 0 Å². The maximum absolute atomic E-state index is 9.82. The molecule has 64 valence electrons. The summed E-state index contributed by atoms with van der Waals surface area (Å²) >= 11 is 0. The van der Waals surface area contributed by atoms with Gasteiger partial charge in [0, 0.05) is 6.92 Å². The molecule has 2 heteroatoms. The van der Waals surface area contributed by atoms with Crippen molar-refractivity contribution in [2.24, 2.45) is 0 Å². The largest absolute Gasteiger partial charge is 0.466 e. The Balaban J connectivity index is 0.000000120. The molecule has 2 rings (SSSR count). The summed E-state index contributed by atoms with van der Waals surface area (Å²) in [4.78, 5) is 9.82. The summed E-state index contributed by atoms with van der Waals surface area (Å²) in [7, 11) is 0. The van der Waals surface area contributed by atoms with E-state index in [0.29, 0.717) is 6.61 Å². The third kappa shape index (κ3) is 2.74. The van der Waals surface area contributed by atoms with Gasteiger partial charge in [-0.2, -0.15) is 0 Å². The topological polar surface area (TPSA) is 26.3 Å². The zero-order chi connectivity index (χ0) is 8.97. The van der Waals surface area contributed by atoms with Gasteiger partial charge in [-0.05, 0) is 24.1 Å². The van der Waals surface area contributed by atoms with Crippen molar-refractivity contribution in [1.29, 1.82) is 0 Å². The number of fused-ring (bicyclic) bond motifs is 1. The maximum atomic E-state index is 9.82. The van der Waals surface area contributed by atoms with Gasteiger partial charge in [0.1, 0.15) is 0 Å². The van der Waals surface area contributed by atoms with E-state index in [-0.39, 0.29) is 5.97 Å². The molecule has 2 nitrogen and oxygen atoms in total. The molecule has 0 aromatic heterocycles. The molecule has 0 bridgehead atoms. The van der Waals surface area contributed by atoms with Crippen molar-refractivity contribution < 1.29 is 9.53 Å². The molecule has 0 atom stereocenters. The minimum atomic E-state index is -0.211. The van der Waals surface area contributed by atoms with Crippen LogP contribution in [0.5, 0.6) is 0 Å². The molecule has 0 heterocycles. The van der Waals surface area contributed by atoms with Crippen LogP contribution in [0.2, 0.25) is 0 Å². The third-order valence-corrected chi connectivity index (χ3v) is 1.46. The minimum absolute atomic E-state index is 0.211. The predicted molar refractivity (Wildman–Crippen MR) is 47.7 cm³/mol. The van der Waals surface area contributed by atoms with Crippen LogP contribution in [0.3, 0.4) is 0 Å². The Morgan fingerprint density at radius 2 is 2.00 bits per heavy atom. The highest BCUT2D eigenvalue weighted by atomic mass is 16.5. The lowest BCUT2D eigenvalue weighted by atomic mass is 10.6. The zero-order valence-electron chi connectivity index (χ0n) is 7.33. The van der Waals surface area contributed by atoms with Crippen LogP contribution in [0, 0.1) is 0 Å². The van der Waals surface area contributed by atoms with Gasteiger partial charge in [0.2, 0.25) is 0 Å². The Morgan fingerprint density at radius 3 is 2.08 bits per heavy atom. The second kappa shape index (κ2) is 3.90. The van der Waals surface area contributed by atoms with Crippen LogP contribution in [0.4, 0.5) is 0 Å². The number of esters is 1. The molecule has 0 radical (unpaired) electrons. The molecule has 0 amide bonds. The van der Waals surface area contributed by atoms with Crippen molar-refractivity contribution in [2.75, 3.05) is 6.61 Å². The quantitative estimate of drug-likeness (QED) is 0.604. The van der Waals surface area contributed by atoms with Crippen molar-refractivity contribution in [1.82, 2.24) is 0 Å². The fourth-order valence-electron chi connectivity index (χ4n) is 0.879. The molecule has 0 aromatic carbocycles. The van der Waals surface area contributed by atoms with Crippen LogP contribution in [0.25, 0.3) is 11.1 Å². The summed E-state index contributed by atoms with van der Waals surface area (Å²) in [5, 5.41) is 0. The summed E-state index contributed by atoms with van der Waals surface area (Å²) in [5.41, 5.74) is 2.85. The fourth-order valence-corrected chi connectivity index (χ4v) is 0.879. The zero-order valence-corrected chi connectivity index (χ0v) is 7.33. The van der Waals surface area contributed by atoms with Gasteiger partial charge < -0.3 is 4.74 Å². The molecule has 0 saturated heterocycles. The molecule has 0 spiro atoms. The Kier molecular flexibility index (Phi) is 2.86. The summed E-state index contributed by atoms with van der Waals surface area (Å²) in [5.74, 6) is -0.211. The van der Waals surface area contributed by atoms with Crippen LogP contribution in [-0.2, 0) is 9.53 Å². The average Bonchev–Trinajstić information content (AvgIpc) is 2.60. The van der Waals surface area contributed by atoms with E-state index in [1.54, 1.807) is 6.92 Å². The van der Waals surface area contributed by atoms with Crippen LogP contribution in [0.1, 0.15) is 13.8 Å². The third-order valence-electron chi connectivity index (χ3n) is 1.46. The highest BCUT2D eigenvalue weighted by molar-refractivity contribution is 5.80. The molecule has 2 aliphatic carbocycles. The molecule has 0 aliphatic heterocycles. The Hall–Kier alpha value is -1.31. The number of benzene rings is 1. The molecule has 0 fully saturated rings. The van der Waals surface area contributed by atoms with Gasteiger partial charge in [0.15, 0.2) is 0 Å². The van der Waals surface area contributed by atoms with Crippen LogP contribution >= 0.6 is 0 Å². The number of ether oxygens (including phenoxy) is 1. The van der Waals surface area contributed by atoms with Gasteiger partial charge in [0.05, 0.1) is 6.61 Å². The number of hydrogen-bond donors (Lipinski definition) is 0. The lowest BCUT2D eigenvalue weighted by Gasteiger charge is -1.89. The van der Waals surface area contributed by atoms with E-state index in [4.69, 9.17) is 0 Å². The van der Waals surface area contributed by atoms with Gasteiger partial charge in [-0.15, -0.1) is 0 Å². The molecule has 0 saturated carbocycles. The predicted octanol–water partition coefficient (Wildman–Crippen LogP) is 2.24. The maximum Gasteiger partial charge on any atom is 0.302 e. The molecule has 0 aromatic rings. The van der Waals surface area contributed by atoms with E-state index in [2.05, 4.69) is 29.0 Å². The van der Waals surface area contributed by atoms with Crippen molar-refractivity contribution in [3.05, 3.63) is 24.3 Å². The first-order valence-corrected chi connectivity index (χ1v) is 3.98. The molecule has 2 aliphatic rings. The second-order valence-corrected chi connectivity index (χ2v) is 2.51.